The minimum atomic E-state index is 0.101. The number of methoxy groups -OCH3 is 1. The average Bonchev–Trinajstić information content (AvgIpc) is 3.42. The van der Waals surface area contributed by atoms with Crippen molar-refractivity contribution < 1.29 is 9.53 Å². The number of carbonyl (C=O) groups excluding carboxylic acids is 1. The van der Waals surface area contributed by atoms with E-state index in [1.54, 1.807) is 7.11 Å². The standard InChI is InChI=1S/C23H32N4O2S/c1-16-7-3-6-10-20(16)27-22(17-11-13-19(29-2)14-12-17)25-26-23(27)30-15-21(28)24-18-8-4-5-9-18/h11-14,16,18,20H,3-10,15H2,1-2H3,(H,24,28)/t16-,20+/m0/s1. The Morgan fingerprint density at radius 2 is 1.80 bits per heavy atom. The van der Waals surface area contributed by atoms with Crippen LogP contribution in [0.25, 0.3) is 11.4 Å². The van der Waals surface area contributed by atoms with Gasteiger partial charge >= 0.3 is 0 Å². The molecule has 30 heavy (non-hydrogen) atoms. The van der Waals surface area contributed by atoms with Crippen molar-refractivity contribution >= 4 is 17.7 Å². The van der Waals surface area contributed by atoms with E-state index in [2.05, 4.69) is 27.0 Å². The van der Waals surface area contributed by atoms with E-state index in [0.29, 0.717) is 23.8 Å². The van der Waals surface area contributed by atoms with Crippen molar-refractivity contribution in [1.82, 2.24) is 20.1 Å². The van der Waals surface area contributed by atoms with E-state index in [1.807, 2.05) is 24.3 Å². The summed E-state index contributed by atoms with van der Waals surface area (Å²) < 4.78 is 7.59. The molecule has 1 heterocycles. The molecule has 2 aromatic rings. The lowest BCUT2D eigenvalue weighted by Crippen LogP contribution is -2.34. The molecule has 7 heteroatoms. The fraction of sp³-hybridized carbons (Fsp3) is 0.609. The van der Waals surface area contributed by atoms with Gasteiger partial charge in [-0.25, -0.2) is 0 Å². The van der Waals surface area contributed by atoms with Crippen LogP contribution in [0.3, 0.4) is 0 Å². The summed E-state index contributed by atoms with van der Waals surface area (Å²) in [5.41, 5.74) is 1.03. The molecule has 1 amide bonds. The number of ether oxygens (including phenoxy) is 1. The summed E-state index contributed by atoms with van der Waals surface area (Å²) in [6.45, 7) is 2.32. The fourth-order valence-electron chi connectivity index (χ4n) is 4.76. The second-order valence-electron chi connectivity index (χ2n) is 8.57. The number of amides is 1. The largest absolute Gasteiger partial charge is 0.497 e. The molecule has 0 bridgehead atoms. The Balaban J connectivity index is 1.56. The van der Waals surface area contributed by atoms with Crippen LogP contribution in [-0.4, -0.2) is 39.6 Å². The van der Waals surface area contributed by atoms with Crippen molar-refractivity contribution in [2.24, 2.45) is 5.92 Å². The molecule has 6 nitrogen and oxygen atoms in total. The van der Waals surface area contributed by atoms with Gasteiger partial charge in [0.2, 0.25) is 5.91 Å². The van der Waals surface area contributed by atoms with E-state index in [9.17, 15) is 4.79 Å². The molecule has 4 rings (SSSR count). The van der Waals surface area contributed by atoms with Crippen molar-refractivity contribution in [3.63, 3.8) is 0 Å². The molecule has 1 aromatic carbocycles. The molecular formula is C23H32N4O2S. The summed E-state index contributed by atoms with van der Waals surface area (Å²) >= 11 is 1.51. The Morgan fingerprint density at radius 1 is 1.10 bits per heavy atom. The summed E-state index contributed by atoms with van der Waals surface area (Å²) in [5.74, 6) is 2.77. The van der Waals surface area contributed by atoms with Crippen molar-refractivity contribution in [3.05, 3.63) is 24.3 Å². The number of nitrogens with zero attached hydrogens (tertiary/aromatic N) is 3. The highest BCUT2D eigenvalue weighted by Crippen LogP contribution is 2.39. The van der Waals surface area contributed by atoms with Crippen LogP contribution in [0.4, 0.5) is 0 Å². The van der Waals surface area contributed by atoms with Gasteiger partial charge in [0.1, 0.15) is 5.75 Å². The molecule has 0 spiro atoms. The molecule has 1 N–H and O–H groups in total. The highest BCUT2D eigenvalue weighted by atomic mass is 32.2. The molecular weight excluding hydrogens is 396 g/mol. The zero-order valence-corrected chi connectivity index (χ0v) is 18.8. The number of hydrogen-bond donors (Lipinski definition) is 1. The number of thioether (sulfide) groups is 1. The van der Waals surface area contributed by atoms with Gasteiger partial charge in [-0.2, -0.15) is 0 Å². The number of benzene rings is 1. The van der Waals surface area contributed by atoms with Gasteiger partial charge in [-0.1, -0.05) is 44.4 Å². The lowest BCUT2D eigenvalue weighted by Gasteiger charge is -2.31. The normalized spacial score (nSPS) is 22.2. The van der Waals surface area contributed by atoms with Gasteiger partial charge < -0.3 is 10.1 Å². The highest BCUT2D eigenvalue weighted by molar-refractivity contribution is 7.99. The molecule has 0 aliphatic heterocycles. The third-order valence-electron chi connectivity index (χ3n) is 6.46. The fourth-order valence-corrected chi connectivity index (χ4v) is 5.56. The van der Waals surface area contributed by atoms with Crippen LogP contribution in [-0.2, 0) is 4.79 Å². The molecule has 0 saturated heterocycles. The summed E-state index contributed by atoms with van der Waals surface area (Å²) in [6, 6.07) is 8.71. The van der Waals surface area contributed by atoms with Crippen molar-refractivity contribution in [3.8, 4) is 17.1 Å². The smallest absolute Gasteiger partial charge is 0.230 e. The van der Waals surface area contributed by atoms with E-state index < -0.39 is 0 Å². The predicted molar refractivity (Wildman–Crippen MR) is 120 cm³/mol. The van der Waals surface area contributed by atoms with Crippen LogP contribution in [0.2, 0.25) is 0 Å². The lowest BCUT2D eigenvalue weighted by atomic mass is 9.85. The number of carbonyl (C=O) groups is 1. The summed E-state index contributed by atoms with van der Waals surface area (Å²) in [4.78, 5) is 12.5. The number of rotatable bonds is 7. The molecule has 162 valence electrons. The first-order valence-corrected chi connectivity index (χ1v) is 12.2. The lowest BCUT2D eigenvalue weighted by molar-refractivity contribution is -0.119. The van der Waals surface area contributed by atoms with Crippen molar-refractivity contribution in [1.29, 1.82) is 0 Å². The van der Waals surface area contributed by atoms with E-state index >= 15 is 0 Å². The van der Waals surface area contributed by atoms with E-state index in [0.717, 1.165) is 41.6 Å². The van der Waals surface area contributed by atoms with Crippen LogP contribution in [0.5, 0.6) is 5.75 Å². The minimum Gasteiger partial charge on any atom is -0.497 e. The van der Waals surface area contributed by atoms with Gasteiger partial charge in [-0.15, -0.1) is 10.2 Å². The van der Waals surface area contributed by atoms with Crippen LogP contribution >= 0.6 is 11.8 Å². The molecule has 1 aromatic heterocycles. The maximum atomic E-state index is 12.5. The van der Waals surface area contributed by atoms with Crippen LogP contribution in [0.1, 0.15) is 64.3 Å². The maximum absolute atomic E-state index is 12.5. The Morgan fingerprint density at radius 3 is 2.50 bits per heavy atom. The van der Waals surface area contributed by atoms with Gasteiger partial charge in [0.05, 0.1) is 12.9 Å². The number of nitrogens with one attached hydrogen (secondary N) is 1. The summed E-state index contributed by atoms with van der Waals surface area (Å²) in [7, 11) is 1.67. The minimum absolute atomic E-state index is 0.101. The van der Waals surface area contributed by atoms with Gasteiger partial charge in [0.15, 0.2) is 11.0 Å². The highest BCUT2D eigenvalue weighted by Gasteiger charge is 2.29. The number of aromatic nitrogens is 3. The van der Waals surface area contributed by atoms with Gasteiger partial charge in [0, 0.05) is 17.6 Å². The van der Waals surface area contributed by atoms with Crippen molar-refractivity contribution in [2.75, 3.05) is 12.9 Å². The van der Waals surface area contributed by atoms with E-state index in [-0.39, 0.29) is 5.91 Å². The Hall–Kier alpha value is -2.02. The molecule has 2 atom stereocenters. The molecule has 0 radical (unpaired) electrons. The van der Waals surface area contributed by atoms with Crippen molar-refractivity contribution in [2.45, 2.75) is 75.5 Å². The monoisotopic (exact) mass is 428 g/mol. The topological polar surface area (TPSA) is 69.0 Å². The quantitative estimate of drug-likeness (QED) is 0.638. The first-order valence-electron chi connectivity index (χ1n) is 11.2. The SMILES string of the molecule is COc1ccc(-c2nnc(SCC(=O)NC3CCCC3)n2[C@@H]2CCCC[C@@H]2C)cc1. The second-order valence-corrected chi connectivity index (χ2v) is 9.51. The summed E-state index contributed by atoms with van der Waals surface area (Å²) in [5, 5.41) is 13.1. The Labute approximate surface area is 183 Å². The van der Waals surface area contributed by atoms with Gasteiger partial charge in [-0.05, 0) is 55.9 Å². The van der Waals surface area contributed by atoms with Crippen LogP contribution < -0.4 is 10.1 Å². The van der Waals surface area contributed by atoms with Crippen LogP contribution in [0.15, 0.2) is 29.4 Å². The van der Waals surface area contributed by atoms with Gasteiger partial charge in [0.25, 0.3) is 0 Å². The average molecular weight is 429 g/mol. The Kier molecular flexibility index (Phi) is 6.97. The number of hydrogen-bond acceptors (Lipinski definition) is 5. The first-order chi connectivity index (χ1) is 14.7. The molecule has 2 fully saturated rings. The first kappa shape index (κ1) is 21.2. The molecule has 0 unspecified atom stereocenters. The van der Waals surface area contributed by atoms with Gasteiger partial charge in [-0.3, -0.25) is 9.36 Å². The zero-order chi connectivity index (χ0) is 20.9. The summed E-state index contributed by atoms with van der Waals surface area (Å²) in [6.07, 6.45) is 9.50. The van der Waals surface area contributed by atoms with E-state index in [1.165, 1.54) is 43.9 Å². The molecule has 2 saturated carbocycles. The molecule has 2 aliphatic rings. The maximum Gasteiger partial charge on any atom is 0.230 e. The van der Waals surface area contributed by atoms with Crippen LogP contribution in [0, 0.1) is 5.92 Å². The zero-order valence-electron chi connectivity index (χ0n) is 18.0. The van der Waals surface area contributed by atoms with E-state index in [4.69, 9.17) is 4.74 Å². The Bertz CT molecular complexity index is 845. The third kappa shape index (κ3) is 4.82. The second kappa shape index (κ2) is 9.86. The third-order valence-corrected chi connectivity index (χ3v) is 7.41. The molecule has 2 aliphatic carbocycles. The predicted octanol–water partition coefficient (Wildman–Crippen LogP) is 4.86.